The van der Waals surface area contributed by atoms with Gasteiger partial charge in [0.1, 0.15) is 0 Å². The first-order chi connectivity index (χ1) is 13.8. The lowest BCUT2D eigenvalue weighted by atomic mass is 10.1. The molecule has 150 valence electrons. The first kappa shape index (κ1) is 20.0. The monoisotopic (exact) mass is 428 g/mol. The van der Waals surface area contributed by atoms with Crippen molar-refractivity contribution in [1.82, 2.24) is 14.5 Å². The molecule has 1 aliphatic heterocycles. The molecule has 5 nitrogen and oxygen atoms in total. The zero-order valence-electron chi connectivity index (χ0n) is 16.6. The highest BCUT2D eigenvalue weighted by Gasteiger charge is 2.27. The van der Waals surface area contributed by atoms with Gasteiger partial charge < -0.3 is 0 Å². The predicted octanol–water partition coefficient (Wildman–Crippen LogP) is 5.04. The Kier molecular flexibility index (Phi) is 5.38. The second-order valence-electron chi connectivity index (χ2n) is 7.51. The number of hydrogen-bond acceptors (Lipinski definition) is 4. The molecule has 7 heteroatoms. The Hall–Kier alpha value is -2.34. The van der Waals surface area contributed by atoms with Gasteiger partial charge in [-0.2, -0.15) is 0 Å². The fourth-order valence-corrected chi connectivity index (χ4v) is 4.04. The van der Waals surface area contributed by atoms with Gasteiger partial charge in [0.2, 0.25) is 5.95 Å². The molecular formula is C22H22Cl2N4O. The maximum atomic E-state index is 13.0. The molecule has 1 aromatic heterocycles. The molecule has 0 N–H and O–H groups in total. The lowest BCUT2D eigenvalue weighted by molar-refractivity contribution is 0.190. The summed E-state index contributed by atoms with van der Waals surface area (Å²) in [6, 6.07) is 13.8. The molecule has 2 aromatic carbocycles. The fraction of sp³-hybridized carbons (Fsp3) is 0.273. The second kappa shape index (κ2) is 7.82. The van der Waals surface area contributed by atoms with Crippen LogP contribution >= 0.6 is 23.2 Å². The highest BCUT2D eigenvalue weighted by atomic mass is 35.5. The summed E-state index contributed by atoms with van der Waals surface area (Å²) in [5, 5.41) is 1.08. The Morgan fingerprint density at radius 1 is 0.966 bits per heavy atom. The van der Waals surface area contributed by atoms with Crippen molar-refractivity contribution in [2.75, 3.05) is 11.6 Å². The standard InChI is InChI=1S/C22H22Cl2N4O/c1-14-4-6-17(7-5-14)11-26-12-27(20-9-18(23)8-19(24)10-20)22-25-16(3)15(2)21(29)28(22)13-26/h4-10H,11-13H2,1-3H3. The lowest BCUT2D eigenvalue weighted by Gasteiger charge is -2.38. The molecule has 0 atom stereocenters. The van der Waals surface area contributed by atoms with E-state index in [0.717, 1.165) is 11.4 Å². The first-order valence-electron chi connectivity index (χ1n) is 9.41. The van der Waals surface area contributed by atoms with Crippen LogP contribution in [0.3, 0.4) is 0 Å². The third-order valence-corrected chi connectivity index (χ3v) is 5.66. The molecule has 0 spiro atoms. The van der Waals surface area contributed by atoms with E-state index in [1.54, 1.807) is 10.6 Å². The maximum absolute atomic E-state index is 13.0. The highest BCUT2D eigenvalue weighted by molar-refractivity contribution is 6.35. The van der Waals surface area contributed by atoms with Crippen LogP contribution in [-0.2, 0) is 13.2 Å². The first-order valence-corrected chi connectivity index (χ1v) is 10.2. The summed E-state index contributed by atoms with van der Waals surface area (Å²) >= 11 is 12.5. The summed E-state index contributed by atoms with van der Waals surface area (Å²) in [7, 11) is 0. The van der Waals surface area contributed by atoms with E-state index in [2.05, 4.69) is 36.1 Å². The molecule has 0 aliphatic carbocycles. The Bertz CT molecular complexity index is 1100. The average molecular weight is 429 g/mol. The van der Waals surface area contributed by atoms with Crippen molar-refractivity contribution in [2.45, 2.75) is 34.0 Å². The summed E-state index contributed by atoms with van der Waals surface area (Å²) in [6.07, 6.45) is 0. The van der Waals surface area contributed by atoms with E-state index in [0.29, 0.717) is 41.4 Å². The average Bonchev–Trinajstić information content (AvgIpc) is 2.67. The SMILES string of the molecule is Cc1ccc(CN2CN(c3cc(Cl)cc(Cl)c3)c3nc(C)c(C)c(=O)n3C2)cc1. The van der Waals surface area contributed by atoms with E-state index in [4.69, 9.17) is 28.2 Å². The minimum Gasteiger partial charge on any atom is -0.298 e. The van der Waals surface area contributed by atoms with Crippen LogP contribution in [0.5, 0.6) is 0 Å². The van der Waals surface area contributed by atoms with Gasteiger partial charge in [0, 0.05) is 33.5 Å². The van der Waals surface area contributed by atoms with Crippen molar-refractivity contribution in [3.05, 3.63) is 85.2 Å². The van der Waals surface area contributed by atoms with Crippen LogP contribution in [0.25, 0.3) is 0 Å². The molecule has 2 heterocycles. The van der Waals surface area contributed by atoms with Gasteiger partial charge in [0.15, 0.2) is 0 Å². The number of fused-ring (bicyclic) bond motifs is 1. The van der Waals surface area contributed by atoms with E-state index in [1.807, 2.05) is 30.9 Å². The van der Waals surface area contributed by atoms with Gasteiger partial charge in [-0.1, -0.05) is 53.0 Å². The Morgan fingerprint density at radius 3 is 2.28 bits per heavy atom. The number of aromatic nitrogens is 2. The van der Waals surface area contributed by atoms with Gasteiger partial charge in [-0.15, -0.1) is 0 Å². The van der Waals surface area contributed by atoms with Crippen LogP contribution in [0, 0.1) is 20.8 Å². The maximum Gasteiger partial charge on any atom is 0.259 e. The van der Waals surface area contributed by atoms with Gasteiger partial charge in [-0.05, 0) is 44.5 Å². The second-order valence-corrected chi connectivity index (χ2v) is 8.38. The third kappa shape index (κ3) is 4.04. The molecule has 0 saturated carbocycles. The normalized spacial score (nSPS) is 14.2. The lowest BCUT2D eigenvalue weighted by Crippen LogP contribution is -2.47. The van der Waals surface area contributed by atoms with Gasteiger partial charge >= 0.3 is 0 Å². The number of nitrogens with zero attached hydrogens (tertiary/aromatic N) is 4. The Labute approximate surface area is 180 Å². The number of aryl methyl sites for hydroxylation is 2. The molecule has 29 heavy (non-hydrogen) atoms. The quantitative estimate of drug-likeness (QED) is 0.585. The summed E-state index contributed by atoms with van der Waals surface area (Å²) in [5.74, 6) is 0.608. The molecule has 3 aromatic rings. The topological polar surface area (TPSA) is 41.4 Å². The Balaban J connectivity index is 1.79. The number of hydrogen-bond donors (Lipinski definition) is 0. The summed E-state index contributed by atoms with van der Waals surface area (Å²) in [5.41, 5.74) is 4.58. The van der Waals surface area contributed by atoms with Gasteiger partial charge in [-0.25, -0.2) is 4.98 Å². The van der Waals surface area contributed by atoms with Crippen molar-refractivity contribution >= 4 is 34.8 Å². The van der Waals surface area contributed by atoms with Crippen LogP contribution in [-0.4, -0.2) is 21.1 Å². The minimum absolute atomic E-state index is 0.0285. The van der Waals surface area contributed by atoms with Crippen LogP contribution in [0.15, 0.2) is 47.3 Å². The Morgan fingerprint density at radius 2 is 1.62 bits per heavy atom. The zero-order valence-corrected chi connectivity index (χ0v) is 18.1. The molecule has 0 saturated heterocycles. The molecular weight excluding hydrogens is 407 g/mol. The molecule has 0 amide bonds. The zero-order chi connectivity index (χ0) is 20.7. The van der Waals surface area contributed by atoms with E-state index < -0.39 is 0 Å². The molecule has 0 fully saturated rings. The molecule has 0 radical (unpaired) electrons. The number of benzene rings is 2. The molecule has 4 rings (SSSR count). The van der Waals surface area contributed by atoms with Crippen LogP contribution in [0.2, 0.25) is 10.0 Å². The third-order valence-electron chi connectivity index (χ3n) is 5.23. The van der Waals surface area contributed by atoms with E-state index >= 15 is 0 Å². The predicted molar refractivity (Wildman–Crippen MR) is 118 cm³/mol. The fourth-order valence-electron chi connectivity index (χ4n) is 3.53. The van der Waals surface area contributed by atoms with E-state index in [-0.39, 0.29) is 5.56 Å². The van der Waals surface area contributed by atoms with Crippen molar-refractivity contribution in [3.8, 4) is 0 Å². The summed E-state index contributed by atoms with van der Waals surface area (Å²) < 4.78 is 1.72. The minimum atomic E-state index is -0.0285. The summed E-state index contributed by atoms with van der Waals surface area (Å²) in [4.78, 5) is 21.9. The van der Waals surface area contributed by atoms with Gasteiger partial charge in [-0.3, -0.25) is 19.2 Å². The van der Waals surface area contributed by atoms with Crippen LogP contribution < -0.4 is 10.5 Å². The van der Waals surface area contributed by atoms with Crippen LogP contribution in [0.4, 0.5) is 11.6 Å². The van der Waals surface area contributed by atoms with Gasteiger partial charge in [0.05, 0.1) is 13.3 Å². The number of anilines is 2. The van der Waals surface area contributed by atoms with Crippen molar-refractivity contribution in [2.24, 2.45) is 0 Å². The van der Waals surface area contributed by atoms with Crippen LogP contribution in [0.1, 0.15) is 22.4 Å². The van der Waals surface area contributed by atoms with E-state index in [1.165, 1.54) is 11.1 Å². The molecule has 0 unspecified atom stereocenters. The number of halogens is 2. The molecule has 0 bridgehead atoms. The smallest absolute Gasteiger partial charge is 0.259 e. The van der Waals surface area contributed by atoms with Gasteiger partial charge in [0.25, 0.3) is 5.56 Å². The highest BCUT2D eigenvalue weighted by Crippen LogP contribution is 2.32. The van der Waals surface area contributed by atoms with Crippen molar-refractivity contribution in [1.29, 1.82) is 0 Å². The summed E-state index contributed by atoms with van der Waals surface area (Å²) in [6.45, 7) is 7.50. The van der Waals surface area contributed by atoms with Crippen molar-refractivity contribution < 1.29 is 0 Å². The largest absolute Gasteiger partial charge is 0.298 e. The number of rotatable bonds is 3. The van der Waals surface area contributed by atoms with E-state index in [9.17, 15) is 4.79 Å². The molecule has 1 aliphatic rings. The van der Waals surface area contributed by atoms with Crippen molar-refractivity contribution in [3.63, 3.8) is 0 Å².